The maximum absolute atomic E-state index is 6.48. The third-order valence-corrected chi connectivity index (χ3v) is 10.6. The molecule has 0 spiro atoms. The minimum atomic E-state index is 0.566. The molecule has 0 radical (unpaired) electrons. The van der Waals surface area contributed by atoms with E-state index in [1.54, 1.807) is 11.3 Å². The summed E-state index contributed by atoms with van der Waals surface area (Å²) in [4.78, 5) is 20.2. The van der Waals surface area contributed by atoms with Crippen LogP contribution in [0.1, 0.15) is 0 Å². The van der Waals surface area contributed by atoms with Crippen LogP contribution in [-0.4, -0.2) is 19.9 Å². The summed E-state index contributed by atoms with van der Waals surface area (Å²) in [6, 6.07) is 49.5. The average molecular weight is 673 g/mol. The van der Waals surface area contributed by atoms with Crippen LogP contribution in [0, 0.1) is 0 Å². The topological polar surface area (TPSA) is 77.8 Å². The van der Waals surface area contributed by atoms with Gasteiger partial charge in [0.25, 0.3) is 0 Å². The number of nitrogens with zero attached hydrogens (tertiary/aromatic N) is 4. The predicted molar refractivity (Wildman–Crippen MR) is 207 cm³/mol. The molecule has 0 amide bonds. The Hall–Kier alpha value is -6.70. The van der Waals surface area contributed by atoms with E-state index in [-0.39, 0.29) is 0 Å². The Morgan fingerprint density at radius 2 is 1.12 bits per heavy atom. The van der Waals surface area contributed by atoms with Gasteiger partial charge in [-0.25, -0.2) is 19.9 Å². The highest BCUT2D eigenvalue weighted by Crippen LogP contribution is 2.41. The van der Waals surface area contributed by atoms with Gasteiger partial charge >= 0.3 is 0 Å². The van der Waals surface area contributed by atoms with Gasteiger partial charge in [0.1, 0.15) is 27.3 Å². The van der Waals surface area contributed by atoms with Crippen LogP contribution in [0.5, 0.6) is 0 Å². The lowest BCUT2D eigenvalue weighted by Gasteiger charge is -2.09. The highest BCUT2D eigenvalue weighted by Gasteiger charge is 2.20. The largest absolute Gasteiger partial charge is 0.456 e. The van der Waals surface area contributed by atoms with Gasteiger partial charge in [0.2, 0.25) is 0 Å². The Balaban J connectivity index is 1.09. The zero-order valence-corrected chi connectivity index (χ0v) is 27.7. The third kappa shape index (κ3) is 4.56. The van der Waals surface area contributed by atoms with E-state index in [0.717, 1.165) is 81.4 Å². The van der Waals surface area contributed by atoms with E-state index in [0.29, 0.717) is 17.5 Å². The fourth-order valence-electron chi connectivity index (χ4n) is 7.09. The number of benzene rings is 7. The highest BCUT2D eigenvalue weighted by molar-refractivity contribution is 7.21. The van der Waals surface area contributed by atoms with E-state index in [1.807, 2.05) is 72.8 Å². The van der Waals surface area contributed by atoms with E-state index in [1.165, 1.54) is 10.8 Å². The summed E-state index contributed by atoms with van der Waals surface area (Å²) in [5, 5.41) is 7.48. The van der Waals surface area contributed by atoms with Crippen LogP contribution in [0.15, 0.2) is 154 Å². The van der Waals surface area contributed by atoms with E-state index in [2.05, 4.69) is 72.8 Å². The molecular weight excluding hydrogens is 649 g/mol. The van der Waals surface area contributed by atoms with Crippen LogP contribution < -0.4 is 0 Å². The molecule has 0 N–H and O–H groups in total. The Morgan fingerprint density at radius 1 is 0.412 bits per heavy atom. The Morgan fingerprint density at radius 3 is 2.04 bits per heavy atom. The lowest BCUT2D eigenvalue weighted by Crippen LogP contribution is -2.00. The highest BCUT2D eigenvalue weighted by atomic mass is 32.1. The van der Waals surface area contributed by atoms with Crippen molar-refractivity contribution in [2.75, 3.05) is 0 Å². The number of furan rings is 2. The van der Waals surface area contributed by atoms with Crippen molar-refractivity contribution in [1.29, 1.82) is 0 Å². The van der Waals surface area contributed by atoms with Crippen LogP contribution in [0.4, 0.5) is 0 Å². The van der Waals surface area contributed by atoms with Crippen molar-refractivity contribution in [2.45, 2.75) is 0 Å². The molecule has 0 bridgehead atoms. The van der Waals surface area contributed by atoms with Gasteiger partial charge in [-0.3, -0.25) is 0 Å². The zero-order valence-electron chi connectivity index (χ0n) is 26.9. The lowest BCUT2D eigenvalue weighted by molar-refractivity contribution is 0.669. The van der Waals surface area contributed by atoms with E-state index >= 15 is 0 Å². The van der Waals surface area contributed by atoms with Crippen LogP contribution in [-0.2, 0) is 0 Å². The molecule has 238 valence electrons. The SMILES string of the molecule is c1ccc(-c2nc(-c3ccc4c(c3)oc3ccccc34)nc(-c3cccc4oc5cc6nc(-c7ccc8ccccc8c7)sc6cc5c34)n2)cc1. The molecule has 7 heteroatoms. The zero-order chi connectivity index (χ0) is 33.5. The predicted octanol–water partition coefficient (Wildman–Crippen LogP) is 12.1. The summed E-state index contributed by atoms with van der Waals surface area (Å²) < 4.78 is 13.8. The minimum Gasteiger partial charge on any atom is -0.456 e. The van der Waals surface area contributed by atoms with Crippen LogP contribution >= 0.6 is 11.3 Å². The molecule has 4 heterocycles. The van der Waals surface area contributed by atoms with E-state index in [4.69, 9.17) is 28.8 Å². The number of fused-ring (bicyclic) bond motifs is 8. The Kier molecular flexibility index (Phi) is 6.02. The molecule has 11 rings (SSSR count). The van der Waals surface area contributed by atoms with Crippen molar-refractivity contribution in [3.05, 3.63) is 146 Å². The number of rotatable bonds is 4. The molecule has 0 atom stereocenters. The third-order valence-electron chi connectivity index (χ3n) is 9.55. The van der Waals surface area contributed by atoms with Crippen LogP contribution in [0.25, 0.3) is 110 Å². The van der Waals surface area contributed by atoms with Crippen molar-refractivity contribution >= 4 is 76.2 Å². The molecule has 4 aromatic heterocycles. The maximum atomic E-state index is 6.48. The summed E-state index contributed by atoms with van der Waals surface area (Å²) in [5.41, 5.74) is 7.81. The fraction of sp³-hybridized carbons (Fsp3) is 0. The quantitative estimate of drug-likeness (QED) is 0.185. The first kappa shape index (κ1) is 28.2. The van der Waals surface area contributed by atoms with E-state index in [9.17, 15) is 0 Å². The van der Waals surface area contributed by atoms with Gasteiger partial charge in [0.05, 0.1) is 10.2 Å². The summed E-state index contributed by atoms with van der Waals surface area (Å²) in [6.07, 6.45) is 0. The monoisotopic (exact) mass is 672 g/mol. The molecule has 0 fully saturated rings. The van der Waals surface area contributed by atoms with Gasteiger partial charge in [0, 0.05) is 49.9 Å². The summed E-state index contributed by atoms with van der Waals surface area (Å²) >= 11 is 1.69. The molecule has 0 aliphatic heterocycles. The van der Waals surface area contributed by atoms with Crippen molar-refractivity contribution < 1.29 is 8.83 Å². The molecule has 0 aliphatic rings. The number of para-hydroxylation sites is 1. The van der Waals surface area contributed by atoms with Crippen LogP contribution in [0.3, 0.4) is 0 Å². The molecule has 0 aliphatic carbocycles. The Bertz CT molecular complexity index is 3160. The van der Waals surface area contributed by atoms with Gasteiger partial charge in [-0.1, -0.05) is 103 Å². The number of hydrogen-bond acceptors (Lipinski definition) is 7. The maximum Gasteiger partial charge on any atom is 0.164 e. The molecule has 6 nitrogen and oxygen atoms in total. The summed E-state index contributed by atoms with van der Waals surface area (Å²) in [6.45, 7) is 0. The lowest BCUT2D eigenvalue weighted by atomic mass is 10.0. The fourth-order valence-corrected chi connectivity index (χ4v) is 8.07. The first-order chi connectivity index (χ1) is 25.2. The molecule has 11 aromatic rings. The first-order valence-electron chi connectivity index (χ1n) is 16.7. The van der Waals surface area contributed by atoms with Gasteiger partial charge in [-0.05, 0) is 47.2 Å². The molecule has 0 saturated heterocycles. The molecule has 51 heavy (non-hydrogen) atoms. The van der Waals surface area contributed by atoms with Crippen LogP contribution in [0.2, 0.25) is 0 Å². The Labute approximate surface area is 294 Å². The molecule has 7 aromatic carbocycles. The second-order valence-corrected chi connectivity index (χ2v) is 13.7. The number of thiazole rings is 1. The van der Waals surface area contributed by atoms with Gasteiger partial charge in [-0.2, -0.15) is 0 Å². The van der Waals surface area contributed by atoms with Gasteiger partial charge < -0.3 is 8.83 Å². The first-order valence-corrected chi connectivity index (χ1v) is 17.5. The van der Waals surface area contributed by atoms with Crippen molar-refractivity contribution in [3.8, 4) is 44.7 Å². The summed E-state index contributed by atoms with van der Waals surface area (Å²) in [5.74, 6) is 1.73. The smallest absolute Gasteiger partial charge is 0.164 e. The van der Waals surface area contributed by atoms with Gasteiger partial charge in [-0.15, -0.1) is 11.3 Å². The standard InChI is InChI=1S/C44H24N4O2S/c1-2-10-26(11-3-1)41-46-42(28-19-20-31-30-13-6-7-15-35(30)49-37(31)22-28)48-43(47-41)32-14-8-16-36-40(32)33-23-39-34(24-38(33)50-36)45-44(51-39)29-18-17-25-9-4-5-12-27(25)21-29/h1-24H. The van der Waals surface area contributed by atoms with Gasteiger partial charge in [0.15, 0.2) is 17.5 Å². The average Bonchev–Trinajstić information content (AvgIpc) is 3.89. The molecule has 0 saturated carbocycles. The van der Waals surface area contributed by atoms with E-state index < -0.39 is 0 Å². The van der Waals surface area contributed by atoms with Crippen molar-refractivity contribution in [2.24, 2.45) is 0 Å². The number of hydrogen-bond donors (Lipinski definition) is 0. The molecular formula is C44H24N4O2S. The number of aromatic nitrogens is 4. The van der Waals surface area contributed by atoms with Crippen molar-refractivity contribution in [3.63, 3.8) is 0 Å². The second-order valence-electron chi connectivity index (χ2n) is 12.7. The normalized spacial score (nSPS) is 11.9. The minimum absolute atomic E-state index is 0.566. The second kappa shape index (κ2) is 10.9. The molecule has 0 unspecified atom stereocenters. The van der Waals surface area contributed by atoms with Crippen molar-refractivity contribution in [1.82, 2.24) is 19.9 Å². The summed E-state index contributed by atoms with van der Waals surface area (Å²) in [7, 11) is 0.